The van der Waals surface area contributed by atoms with Gasteiger partial charge in [0.15, 0.2) is 10.9 Å². The van der Waals surface area contributed by atoms with E-state index in [0.29, 0.717) is 39.1 Å². The molecule has 0 saturated carbocycles. The molecule has 0 radical (unpaired) electrons. The first-order valence-corrected chi connectivity index (χ1v) is 13.1. The molecule has 7 nitrogen and oxygen atoms in total. The minimum absolute atomic E-state index is 0.00408. The van der Waals surface area contributed by atoms with Crippen LogP contribution in [0.25, 0.3) is 10.2 Å². The van der Waals surface area contributed by atoms with Crippen molar-refractivity contribution in [3.05, 3.63) is 60.4 Å². The lowest BCUT2D eigenvalue weighted by atomic mass is 10.3. The van der Waals surface area contributed by atoms with Crippen molar-refractivity contribution in [3.63, 3.8) is 0 Å². The van der Waals surface area contributed by atoms with Crippen LogP contribution < -0.4 is 10.2 Å². The lowest BCUT2D eigenvalue weighted by Crippen LogP contribution is -2.30. The number of carbonyl (C=O) groups is 2. The van der Waals surface area contributed by atoms with E-state index < -0.39 is 11.0 Å². The number of thiazole rings is 1. The van der Waals surface area contributed by atoms with Crippen molar-refractivity contribution >= 4 is 73.5 Å². The highest BCUT2D eigenvalue weighted by atomic mass is 32.2. The van der Waals surface area contributed by atoms with Gasteiger partial charge >= 0.3 is 0 Å². The molecule has 0 fully saturated rings. The van der Waals surface area contributed by atoms with E-state index in [1.165, 1.54) is 28.0 Å². The summed E-state index contributed by atoms with van der Waals surface area (Å²) >= 11 is 2.95. The quantitative estimate of drug-likeness (QED) is 0.251. The first kappa shape index (κ1) is 25.1. The number of carbonyl (C=O) groups excluding carboxylic acids is 2. The molecule has 0 aliphatic rings. The van der Waals surface area contributed by atoms with Gasteiger partial charge in [-0.05, 0) is 50.2 Å². The molecule has 0 spiro atoms. The Morgan fingerprint density at radius 3 is 2.57 bits per heavy atom. The molecule has 2 aromatic heterocycles. The molecule has 0 aliphatic carbocycles. The summed E-state index contributed by atoms with van der Waals surface area (Å²) in [5, 5.41) is 6.31. The van der Waals surface area contributed by atoms with Crippen LogP contribution in [0, 0.1) is 6.92 Å². The Kier molecular flexibility index (Phi) is 8.04. The standard InChI is InChI=1S/C23H20F2N4O3S3/c1-13-11-19(28-32-13)27-21(31)14(2)33-12-20(30)29(15-7-9-16(10-8-15)34-22(24)25)23-26-17-5-3-4-6-18(17)35-23/h3-11,14,22H,12H2,1-2H3,(H,27,28,31)/t14-/m1/s1. The SMILES string of the molecule is Cc1cc(NC(=O)[C@@H](C)SCC(=O)N(c2ccc(SC(F)F)cc2)c2nc3ccccc3s2)no1. The molecule has 1 atom stereocenters. The monoisotopic (exact) mass is 534 g/mol. The summed E-state index contributed by atoms with van der Waals surface area (Å²) in [5.74, 6) is -2.26. The average molecular weight is 535 g/mol. The van der Waals surface area contributed by atoms with E-state index in [9.17, 15) is 18.4 Å². The van der Waals surface area contributed by atoms with Crippen molar-refractivity contribution in [1.82, 2.24) is 10.1 Å². The van der Waals surface area contributed by atoms with E-state index in [0.717, 1.165) is 10.2 Å². The molecular formula is C23H20F2N4O3S3. The second-order valence-corrected chi connectivity index (χ2v) is 10.7. The summed E-state index contributed by atoms with van der Waals surface area (Å²) in [5.41, 5.74) is 1.25. The number of anilines is 3. The van der Waals surface area contributed by atoms with E-state index in [1.54, 1.807) is 44.2 Å². The molecule has 0 aliphatic heterocycles. The number of aryl methyl sites for hydroxylation is 1. The third-order valence-corrected chi connectivity index (χ3v) is 7.62. The molecule has 2 heterocycles. The van der Waals surface area contributed by atoms with Crippen LogP contribution in [-0.2, 0) is 9.59 Å². The number of hydrogen-bond acceptors (Lipinski definition) is 8. The molecule has 2 amide bonds. The van der Waals surface area contributed by atoms with Crippen molar-refractivity contribution in [3.8, 4) is 0 Å². The van der Waals surface area contributed by atoms with Gasteiger partial charge in [-0.25, -0.2) is 4.98 Å². The summed E-state index contributed by atoms with van der Waals surface area (Å²) in [6, 6.07) is 15.4. The molecule has 12 heteroatoms. The van der Waals surface area contributed by atoms with Crippen LogP contribution in [0.3, 0.4) is 0 Å². The maximum atomic E-state index is 13.4. The Balaban J connectivity index is 1.52. The van der Waals surface area contributed by atoms with Crippen LogP contribution in [0.4, 0.5) is 25.4 Å². The van der Waals surface area contributed by atoms with Gasteiger partial charge in [-0.1, -0.05) is 40.4 Å². The summed E-state index contributed by atoms with van der Waals surface area (Å²) in [6.07, 6.45) is 0. The molecule has 182 valence electrons. The fraction of sp³-hybridized carbons (Fsp3) is 0.217. The number of hydrogen-bond donors (Lipinski definition) is 1. The summed E-state index contributed by atoms with van der Waals surface area (Å²) in [6.45, 7) is 3.41. The largest absolute Gasteiger partial charge is 0.360 e. The molecule has 2 aromatic carbocycles. The van der Waals surface area contributed by atoms with Crippen molar-refractivity contribution in [2.45, 2.75) is 29.8 Å². The van der Waals surface area contributed by atoms with Gasteiger partial charge in [-0.15, -0.1) is 11.8 Å². The van der Waals surface area contributed by atoms with Crippen LogP contribution in [0.5, 0.6) is 0 Å². The van der Waals surface area contributed by atoms with Gasteiger partial charge in [0.2, 0.25) is 11.8 Å². The fourth-order valence-electron chi connectivity index (χ4n) is 3.08. The van der Waals surface area contributed by atoms with Crippen LogP contribution in [0.2, 0.25) is 0 Å². The third kappa shape index (κ3) is 6.38. The van der Waals surface area contributed by atoms with Gasteiger partial charge in [0, 0.05) is 11.0 Å². The molecular weight excluding hydrogens is 514 g/mol. The Morgan fingerprint density at radius 1 is 1.17 bits per heavy atom. The van der Waals surface area contributed by atoms with E-state index in [1.807, 2.05) is 24.3 Å². The zero-order chi connectivity index (χ0) is 24.9. The van der Waals surface area contributed by atoms with Gasteiger partial charge in [0.25, 0.3) is 5.76 Å². The van der Waals surface area contributed by atoms with Crippen LogP contribution in [0.1, 0.15) is 12.7 Å². The normalized spacial score (nSPS) is 12.1. The number of amides is 2. The molecule has 4 aromatic rings. The smallest absolute Gasteiger partial charge is 0.288 e. The third-order valence-electron chi connectivity index (χ3n) is 4.75. The molecule has 0 unspecified atom stereocenters. The van der Waals surface area contributed by atoms with E-state index in [4.69, 9.17) is 4.52 Å². The predicted octanol–water partition coefficient (Wildman–Crippen LogP) is 6.33. The van der Waals surface area contributed by atoms with Crippen LogP contribution in [-0.4, -0.2) is 38.7 Å². The number of halogens is 2. The predicted molar refractivity (Wildman–Crippen MR) is 137 cm³/mol. The molecule has 35 heavy (non-hydrogen) atoms. The number of benzene rings is 2. The lowest BCUT2D eigenvalue weighted by molar-refractivity contribution is -0.115. The number of nitrogens with zero attached hydrogens (tertiary/aromatic N) is 3. The van der Waals surface area contributed by atoms with Gasteiger partial charge in [0.1, 0.15) is 5.76 Å². The Morgan fingerprint density at radius 2 is 1.91 bits per heavy atom. The molecule has 4 rings (SSSR count). The Bertz CT molecular complexity index is 1290. The van der Waals surface area contributed by atoms with E-state index >= 15 is 0 Å². The number of nitrogens with one attached hydrogen (secondary N) is 1. The lowest BCUT2D eigenvalue weighted by Gasteiger charge is -2.21. The zero-order valence-corrected chi connectivity index (χ0v) is 21.1. The number of para-hydroxylation sites is 1. The van der Waals surface area contributed by atoms with Crippen molar-refractivity contribution in [1.29, 1.82) is 0 Å². The second-order valence-electron chi connectivity index (χ2n) is 7.33. The minimum Gasteiger partial charge on any atom is -0.360 e. The fourth-order valence-corrected chi connectivity index (χ4v) is 5.32. The molecule has 0 saturated heterocycles. The summed E-state index contributed by atoms with van der Waals surface area (Å²) in [7, 11) is 0. The highest BCUT2D eigenvalue weighted by molar-refractivity contribution is 8.01. The maximum Gasteiger partial charge on any atom is 0.288 e. The van der Waals surface area contributed by atoms with E-state index in [2.05, 4.69) is 15.5 Å². The molecule has 1 N–H and O–H groups in total. The highest BCUT2D eigenvalue weighted by Gasteiger charge is 2.24. The molecule has 0 bridgehead atoms. The number of alkyl halides is 2. The first-order valence-electron chi connectivity index (χ1n) is 10.4. The van der Waals surface area contributed by atoms with Crippen molar-refractivity contribution in [2.75, 3.05) is 16.0 Å². The average Bonchev–Trinajstić information content (AvgIpc) is 3.43. The summed E-state index contributed by atoms with van der Waals surface area (Å²) in [4.78, 5) is 32.3. The number of fused-ring (bicyclic) bond motifs is 1. The van der Waals surface area contributed by atoms with Gasteiger partial charge in [-0.3, -0.25) is 14.5 Å². The number of thioether (sulfide) groups is 2. The van der Waals surface area contributed by atoms with Crippen molar-refractivity contribution in [2.24, 2.45) is 0 Å². The second kappa shape index (κ2) is 11.2. The van der Waals surface area contributed by atoms with Crippen molar-refractivity contribution < 1.29 is 22.9 Å². The Hall–Kier alpha value is -2.96. The number of aromatic nitrogens is 2. The van der Waals surface area contributed by atoms with E-state index in [-0.39, 0.29) is 17.6 Å². The van der Waals surface area contributed by atoms with Crippen LogP contribution in [0.15, 0.2) is 64.0 Å². The maximum absolute atomic E-state index is 13.4. The summed E-state index contributed by atoms with van der Waals surface area (Å²) < 4.78 is 31.3. The highest BCUT2D eigenvalue weighted by Crippen LogP contribution is 2.35. The van der Waals surface area contributed by atoms with Gasteiger partial charge in [-0.2, -0.15) is 8.78 Å². The first-order chi connectivity index (χ1) is 16.8. The number of rotatable bonds is 9. The van der Waals surface area contributed by atoms with Crippen LogP contribution >= 0.6 is 34.9 Å². The van der Waals surface area contributed by atoms with Gasteiger partial charge in [0.05, 0.1) is 26.9 Å². The van der Waals surface area contributed by atoms with Gasteiger partial charge < -0.3 is 9.84 Å². The Labute approximate surface area is 212 Å². The topological polar surface area (TPSA) is 88.3 Å². The zero-order valence-electron chi connectivity index (χ0n) is 18.6. The minimum atomic E-state index is -2.53.